The van der Waals surface area contributed by atoms with E-state index in [1.165, 1.54) is 10.6 Å². The highest BCUT2D eigenvalue weighted by Gasteiger charge is 2.22. The van der Waals surface area contributed by atoms with E-state index in [-0.39, 0.29) is 22.0 Å². The maximum atomic E-state index is 13.2. The molecule has 0 aliphatic heterocycles. The van der Waals surface area contributed by atoms with E-state index in [0.717, 1.165) is 7.11 Å². The van der Waals surface area contributed by atoms with Crippen LogP contribution in [-0.2, 0) is 4.74 Å². The zero-order valence-corrected chi connectivity index (χ0v) is 19.8. The third-order valence-corrected chi connectivity index (χ3v) is 5.40. The highest BCUT2D eigenvalue weighted by atomic mass is 79.9. The Hall–Kier alpha value is -3.08. The van der Waals surface area contributed by atoms with Gasteiger partial charge in [-0.1, -0.05) is 23.2 Å². The zero-order valence-electron chi connectivity index (χ0n) is 16.7. The van der Waals surface area contributed by atoms with Crippen molar-refractivity contribution in [3.8, 4) is 5.82 Å². The van der Waals surface area contributed by atoms with Crippen LogP contribution in [0.15, 0.2) is 47.2 Å². The number of aromatic nitrogens is 2. The molecule has 2 aromatic heterocycles. The first-order valence-electron chi connectivity index (χ1n) is 8.97. The van der Waals surface area contributed by atoms with Crippen molar-refractivity contribution in [2.45, 2.75) is 6.92 Å². The highest BCUT2D eigenvalue weighted by Crippen LogP contribution is 2.29. The molecule has 166 valence electrons. The number of aryl methyl sites for hydroxylation is 1. The molecule has 0 spiro atoms. The van der Waals surface area contributed by atoms with Gasteiger partial charge in [0.1, 0.15) is 5.69 Å². The zero-order chi connectivity index (χ0) is 23.4. The van der Waals surface area contributed by atoms with Crippen molar-refractivity contribution in [2.24, 2.45) is 0 Å². The van der Waals surface area contributed by atoms with E-state index >= 15 is 0 Å². The van der Waals surface area contributed by atoms with Gasteiger partial charge in [0.2, 0.25) is 0 Å². The first kappa shape index (κ1) is 23.6. The van der Waals surface area contributed by atoms with E-state index < -0.39 is 17.9 Å². The summed E-state index contributed by atoms with van der Waals surface area (Å²) >= 11 is 15.8. The SMILES string of the molecule is COC(=O)NNC(=O)c1cc(Cl)cc(C)c1NC(=O)c1ccc(Br)n1-c1ncccc1Cl. The molecule has 12 heteroatoms. The van der Waals surface area contributed by atoms with Crippen LogP contribution in [0.5, 0.6) is 0 Å². The van der Waals surface area contributed by atoms with Gasteiger partial charge in [0.05, 0.1) is 28.0 Å². The maximum absolute atomic E-state index is 13.2. The second-order valence-corrected chi connectivity index (χ2v) is 8.01. The van der Waals surface area contributed by atoms with Gasteiger partial charge in [0.15, 0.2) is 5.82 Å². The van der Waals surface area contributed by atoms with Crippen molar-refractivity contribution in [3.05, 3.63) is 74.1 Å². The summed E-state index contributed by atoms with van der Waals surface area (Å²) in [5.74, 6) is -0.886. The first-order chi connectivity index (χ1) is 15.2. The van der Waals surface area contributed by atoms with Gasteiger partial charge in [-0.3, -0.25) is 19.6 Å². The summed E-state index contributed by atoms with van der Waals surface area (Å²) in [6.07, 6.45) is 0.688. The smallest absolute Gasteiger partial charge is 0.425 e. The lowest BCUT2D eigenvalue weighted by atomic mass is 10.1. The number of nitrogens with zero attached hydrogens (tertiary/aromatic N) is 2. The number of benzene rings is 1. The number of rotatable bonds is 4. The molecule has 0 saturated carbocycles. The van der Waals surface area contributed by atoms with Crippen LogP contribution in [0.4, 0.5) is 10.5 Å². The highest BCUT2D eigenvalue weighted by molar-refractivity contribution is 9.10. The van der Waals surface area contributed by atoms with Gasteiger partial charge >= 0.3 is 6.09 Å². The molecule has 3 amide bonds. The van der Waals surface area contributed by atoms with Crippen LogP contribution < -0.4 is 16.2 Å². The number of hydrogen-bond acceptors (Lipinski definition) is 5. The minimum absolute atomic E-state index is 0.0350. The van der Waals surface area contributed by atoms with Crippen molar-refractivity contribution in [1.82, 2.24) is 20.4 Å². The number of halogens is 3. The average molecular weight is 541 g/mol. The van der Waals surface area contributed by atoms with E-state index in [0.29, 0.717) is 21.0 Å². The lowest BCUT2D eigenvalue weighted by Crippen LogP contribution is -2.41. The van der Waals surface area contributed by atoms with E-state index in [9.17, 15) is 14.4 Å². The number of amides is 3. The molecule has 32 heavy (non-hydrogen) atoms. The van der Waals surface area contributed by atoms with Gasteiger partial charge in [0, 0.05) is 11.2 Å². The number of carbonyl (C=O) groups excluding carboxylic acids is 3. The van der Waals surface area contributed by atoms with Crippen LogP contribution in [-0.4, -0.2) is 34.6 Å². The van der Waals surface area contributed by atoms with Crippen molar-refractivity contribution in [1.29, 1.82) is 0 Å². The monoisotopic (exact) mass is 539 g/mol. The molecule has 9 nitrogen and oxygen atoms in total. The summed E-state index contributed by atoms with van der Waals surface area (Å²) in [7, 11) is 1.15. The predicted molar refractivity (Wildman–Crippen MR) is 123 cm³/mol. The minimum atomic E-state index is -0.863. The number of hydrogen-bond donors (Lipinski definition) is 3. The van der Waals surface area contributed by atoms with Crippen LogP contribution in [0.3, 0.4) is 0 Å². The molecule has 2 heterocycles. The van der Waals surface area contributed by atoms with E-state index in [1.54, 1.807) is 43.5 Å². The molecule has 0 atom stereocenters. The van der Waals surface area contributed by atoms with Gasteiger partial charge < -0.3 is 10.1 Å². The molecule has 0 fully saturated rings. The van der Waals surface area contributed by atoms with Gasteiger partial charge in [0.25, 0.3) is 11.8 Å². The van der Waals surface area contributed by atoms with Crippen molar-refractivity contribution < 1.29 is 19.1 Å². The molecular weight excluding hydrogens is 525 g/mol. The molecule has 3 aromatic rings. The summed E-state index contributed by atoms with van der Waals surface area (Å²) in [4.78, 5) is 41.3. The molecule has 1 aromatic carbocycles. The average Bonchev–Trinajstić information content (AvgIpc) is 3.14. The first-order valence-corrected chi connectivity index (χ1v) is 10.5. The standard InChI is InChI=1S/C20H16BrCl2N5O4/c1-10-8-11(22)9-12(18(29)26-27-20(31)32-2)16(10)25-19(30)14-5-6-15(21)28(14)17-13(23)4-3-7-24-17/h3-9H,1-2H3,(H,25,30)(H,26,29)(H,27,31). The number of pyridine rings is 1. The molecule has 0 aliphatic rings. The van der Waals surface area contributed by atoms with Gasteiger partial charge in [-0.05, 0) is 64.8 Å². The van der Waals surface area contributed by atoms with E-state index in [2.05, 4.69) is 41.8 Å². The third kappa shape index (κ3) is 5.04. The third-order valence-electron chi connectivity index (χ3n) is 4.26. The van der Waals surface area contributed by atoms with Gasteiger partial charge in [-0.2, -0.15) is 0 Å². The van der Waals surface area contributed by atoms with Crippen molar-refractivity contribution >= 4 is 62.7 Å². The second-order valence-electron chi connectivity index (χ2n) is 6.36. The van der Waals surface area contributed by atoms with Gasteiger partial charge in [-0.15, -0.1) is 0 Å². The Balaban J connectivity index is 1.97. The van der Waals surface area contributed by atoms with Crippen molar-refractivity contribution in [3.63, 3.8) is 0 Å². The number of hydrazine groups is 1. The van der Waals surface area contributed by atoms with Gasteiger partial charge in [-0.25, -0.2) is 15.2 Å². The van der Waals surface area contributed by atoms with E-state index in [1.807, 2.05) is 0 Å². The number of anilines is 1. The maximum Gasteiger partial charge on any atom is 0.425 e. The Morgan fingerprint density at radius 1 is 1.09 bits per heavy atom. The van der Waals surface area contributed by atoms with Crippen LogP contribution >= 0.6 is 39.1 Å². The Morgan fingerprint density at radius 3 is 2.53 bits per heavy atom. The molecule has 3 N–H and O–H groups in total. The fraction of sp³-hybridized carbons (Fsp3) is 0.100. The largest absolute Gasteiger partial charge is 0.452 e. The lowest BCUT2D eigenvalue weighted by Gasteiger charge is -2.16. The fourth-order valence-corrected chi connectivity index (χ4v) is 3.81. The molecule has 0 unspecified atom stereocenters. The molecule has 0 radical (unpaired) electrons. The molecule has 0 saturated heterocycles. The Kier molecular flexibility index (Phi) is 7.39. The number of nitrogens with one attached hydrogen (secondary N) is 3. The molecule has 0 bridgehead atoms. The number of carbonyl (C=O) groups is 3. The second kappa shape index (κ2) is 10.0. The summed E-state index contributed by atoms with van der Waals surface area (Å²) in [6, 6.07) is 9.53. The van der Waals surface area contributed by atoms with Crippen LogP contribution in [0, 0.1) is 6.92 Å². The fourth-order valence-electron chi connectivity index (χ4n) is 2.84. The Labute approximate surface area is 201 Å². The van der Waals surface area contributed by atoms with Crippen molar-refractivity contribution in [2.75, 3.05) is 12.4 Å². The number of methoxy groups -OCH3 is 1. The molecule has 0 aliphatic carbocycles. The topological polar surface area (TPSA) is 114 Å². The predicted octanol–water partition coefficient (Wildman–Crippen LogP) is 4.50. The summed E-state index contributed by atoms with van der Waals surface area (Å²) in [5.41, 5.74) is 5.25. The van der Waals surface area contributed by atoms with Crippen LogP contribution in [0.25, 0.3) is 5.82 Å². The normalized spacial score (nSPS) is 10.4. The Bertz CT molecular complexity index is 1210. The Morgan fingerprint density at radius 2 is 1.84 bits per heavy atom. The molecule has 3 rings (SSSR count). The number of ether oxygens (including phenoxy) is 1. The molecular formula is C20H16BrCl2N5O4. The van der Waals surface area contributed by atoms with Crippen LogP contribution in [0.1, 0.15) is 26.4 Å². The minimum Gasteiger partial charge on any atom is -0.452 e. The summed E-state index contributed by atoms with van der Waals surface area (Å²) in [5, 5.41) is 3.35. The van der Waals surface area contributed by atoms with Crippen LogP contribution in [0.2, 0.25) is 10.0 Å². The lowest BCUT2D eigenvalue weighted by molar-refractivity contribution is 0.0921. The quantitative estimate of drug-likeness (QED) is 0.421. The summed E-state index contributed by atoms with van der Waals surface area (Å²) in [6.45, 7) is 1.68. The summed E-state index contributed by atoms with van der Waals surface area (Å²) < 4.78 is 6.50. The van der Waals surface area contributed by atoms with E-state index in [4.69, 9.17) is 23.2 Å².